The van der Waals surface area contributed by atoms with E-state index in [9.17, 15) is 9.90 Å². The highest BCUT2D eigenvalue weighted by Gasteiger charge is 2.95. The molecule has 0 aromatic heterocycles. The molecule has 37 heavy (non-hydrogen) atoms. The third-order valence-electron chi connectivity index (χ3n) is 10.6. The molecule has 6 atom stereocenters. The van der Waals surface area contributed by atoms with E-state index in [-0.39, 0.29) is 11.7 Å². The molecule has 8 rings (SSSR count). The van der Waals surface area contributed by atoms with Crippen molar-refractivity contribution in [1.82, 2.24) is 0 Å². The molecule has 4 bridgehead atoms. The third kappa shape index (κ3) is 1.97. The molecule has 0 heterocycles. The Morgan fingerprint density at radius 2 is 1.16 bits per heavy atom. The summed E-state index contributed by atoms with van der Waals surface area (Å²) in [5.41, 5.74) is 4.13. The first kappa shape index (κ1) is 21.3. The van der Waals surface area contributed by atoms with Crippen molar-refractivity contribution in [1.29, 1.82) is 0 Å². The van der Waals surface area contributed by atoms with Gasteiger partial charge in [0, 0.05) is 22.2 Å². The summed E-state index contributed by atoms with van der Waals surface area (Å²) in [6.07, 6.45) is 0. The van der Waals surface area contributed by atoms with E-state index in [1.54, 1.807) is 0 Å². The maximum Gasteiger partial charge on any atom is 0.146 e. The van der Waals surface area contributed by atoms with Crippen LogP contribution < -0.4 is 0 Å². The quantitative estimate of drug-likeness (QED) is 0.367. The Morgan fingerprint density at radius 3 is 1.78 bits per heavy atom. The van der Waals surface area contributed by atoms with Crippen LogP contribution in [-0.4, -0.2) is 16.5 Å². The molecule has 180 valence electrons. The maximum absolute atomic E-state index is 14.9. The SMILES string of the molecule is C[C@]12[C@@H]3C(=O)[C@@H]4C(c5ccccc5)=C(c5ccccc5)[C@@]1(O)[C@]4(C)c1ccccc1[C@@]32c1ccccc1. The van der Waals surface area contributed by atoms with Gasteiger partial charge in [0.05, 0.1) is 5.92 Å². The molecule has 2 nitrogen and oxygen atoms in total. The molecular formula is C35H28O2. The Kier molecular flexibility index (Phi) is 3.79. The summed E-state index contributed by atoms with van der Waals surface area (Å²) < 4.78 is 0. The summed E-state index contributed by atoms with van der Waals surface area (Å²) in [7, 11) is 0. The number of fused-ring (bicyclic) bond motifs is 3. The Morgan fingerprint density at radius 1 is 0.649 bits per heavy atom. The minimum absolute atomic E-state index is 0.263. The number of carbonyl (C=O) groups excluding carboxylic acids is 1. The zero-order valence-corrected chi connectivity index (χ0v) is 21.0. The van der Waals surface area contributed by atoms with Crippen molar-refractivity contribution in [2.24, 2.45) is 17.3 Å². The van der Waals surface area contributed by atoms with Gasteiger partial charge < -0.3 is 5.11 Å². The predicted molar refractivity (Wildman–Crippen MR) is 146 cm³/mol. The molecular weight excluding hydrogens is 452 g/mol. The zero-order chi connectivity index (χ0) is 25.2. The second-order valence-electron chi connectivity index (χ2n) is 11.6. The van der Waals surface area contributed by atoms with Gasteiger partial charge in [0.2, 0.25) is 0 Å². The minimum Gasteiger partial charge on any atom is -0.384 e. The summed E-state index contributed by atoms with van der Waals surface area (Å²) in [5, 5.41) is 13.6. The molecule has 2 saturated carbocycles. The van der Waals surface area contributed by atoms with Crippen molar-refractivity contribution in [2.45, 2.75) is 30.3 Å². The highest BCUT2D eigenvalue weighted by atomic mass is 16.3. The number of allylic oxidation sites excluding steroid dienone is 1. The number of aliphatic hydroxyl groups is 1. The van der Waals surface area contributed by atoms with Crippen LogP contribution in [0.5, 0.6) is 0 Å². The van der Waals surface area contributed by atoms with Crippen LogP contribution in [0.1, 0.15) is 41.7 Å². The van der Waals surface area contributed by atoms with Crippen molar-refractivity contribution in [3.8, 4) is 0 Å². The van der Waals surface area contributed by atoms with E-state index in [0.717, 1.165) is 33.4 Å². The van der Waals surface area contributed by atoms with Gasteiger partial charge in [-0.2, -0.15) is 0 Å². The normalized spacial score (nSPS) is 36.4. The Balaban J connectivity index is 1.57. The van der Waals surface area contributed by atoms with Crippen LogP contribution in [0, 0.1) is 17.3 Å². The van der Waals surface area contributed by atoms with Gasteiger partial charge in [-0.1, -0.05) is 129 Å². The fourth-order valence-electron chi connectivity index (χ4n) is 9.39. The molecule has 0 spiro atoms. The van der Waals surface area contributed by atoms with Crippen LogP contribution in [0.3, 0.4) is 0 Å². The lowest BCUT2D eigenvalue weighted by Gasteiger charge is -2.56. The van der Waals surface area contributed by atoms with Gasteiger partial charge >= 0.3 is 0 Å². The third-order valence-corrected chi connectivity index (χ3v) is 10.6. The van der Waals surface area contributed by atoms with Crippen LogP contribution in [0.15, 0.2) is 115 Å². The largest absolute Gasteiger partial charge is 0.384 e. The van der Waals surface area contributed by atoms with Gasteiger partial charge in [-0.15, -0.1) is 0 Å². The molecule has 4 aromatic rings. The van der Waals surface area contributed by atoms with Crippen molar-refractivity contribution in [3.05, 3.63) is 143 Å². The van der Waals surface area contributed by atoms with Crippen molar-refractivity contribution < 1.29 is 9.90 Å². The molecule has 4 aliphatic carbocycles. The number of Topliss-reactive ketones (excluding diaryl/α,β-unsaturated/α-hetero) is 1. The summed E-state index contributed by atoms with van der Waals surface area (Å²) in [6.45, 7) is 4.34. The summed E-state index contributed by atoms with van der Waals surface area (Å²) in [4.78, 5) is 14.9. The number of hydrogen-bond donors (Lipinski definition) is 1. The van der Waals surface area contributed by atoms with E-state index in [0.29, 0.717) is 0 Å². The van der Waals surface area contributed by atoms with Crippen LogP contribution in [0.25, 0.3) is 11.1 Å². The van der Waals surface area contributed by atoms with Gasteiger partial charge in [-0.25, -0.2) is 0 Å². The first-order valence-electron chi connectivity index (χ1n) is 13.2. The fourth-order valence-corrected chi connectivity index (χ4v) is 9.39. The Hall–Kier alpha value is -3.75. The van der Waals surface area contributed by atoms with Crippen LogP contribution in [0.2, 0.25) is 0 Å². The van der Waals surface area contributed by atoms with E-state index >= 15 is 0 Å². The van der Waals surface area contributed by atoms with Gasteiger partial charge in [0.1, 0.15) is 11.4 Å². The number of benzene rings is 4. The molecule has 1 N–H and O–H groups in total. The smallest absolute Gasteiger partial charge is 0.146 e. The molecule has 4 aromatic carbocycles. The van der Waals surface area contributed by atoms with Gasteiger partial charge in [-0.05, 0) is 39.0 Å². The maximum atomic E-state index is 14.9. The lowest BCUT2D eigenvalue weighted by atomic mass is 9.49. The minimum atomic E-state index is -1.24. The van der Waals surface area contributed by atoms with Gasteiger partial charge in [-0.3, -0.25) is 4.79 Å². The second kappa shape index (κ2) is 6.57. The summed E-state index contributed by atoms with van der Waals surface area (Å²) in [6, 6.07) is 39.5. The summed E-state index contributed by atoms with van der Waals surface area (Å²) in [5.74, 6) is -0.462. The molecule has 0 saturated heterocycles. The highest BCUT2D eigenvalue weighted by molar-refractivity contribution is 6.17. The summed E-state index contributed by atoms with van der Waals surface area (Å²) >= 11 is 0. The van der Waals surface area contributed by atoms with E-state index in [1.165, 1.54) is 5.56 Å². The van der Waals surface area contributed by atoms with Crippen LogP contribution >= 0.6 is 0 Å². The van der Waals surface area contributed by atoms with E-state index in [1.807, 2.05) is 42.5 Å². The van der Waals surface area contributed by atoms with Gasteiger partial charge in [0.15, 0.2) is 0 Å². The molecule has 0 unspecified atom stereocenters. The number of ketones is 1. The predicted octanol–water partition coefficient (Wildman–Crippen LogP) is 6.43. The van der Waals surface area contributed by atoms with Gasteiger partial charge in [0.25, 0.3) is 0 Å². The highest BCUT2D eigenvalue weighted by Crippen LogP contribution is 2.90. The molecule has 2 heteroatoms. The van der Waals surface area contributed by atoms with E-state index in [2.05, 4.69) is 86.6 Å². The number of hydrogen-bond acceptors (Lipinski definition) is 2. The topological polar surface area (TPSA) is 37.3 Å². The fraction of sp³-hybridized carbons (Fsp3) is 0.229. The molecule has 4 aliphatic rings. The monoisotopic (exact) mass is 480 g/mol. The molecule has 0 amide bonds. The van der Waals surface area contributed by atoms with Crippen LogP contribution in [-0.2, 0) is 15.6 Å². The molecule has 2 fully saturated rings. The lowest BCUT2D eigenvalue weighted by molar-refractivity contribution is -0.139. The first-order chi connectivity index (χ1) is 17.9. The second-order valence-corrected chi connectivity index (χ2v) is 11.6. The average molecular weight is 481 g/mol. The number of carbonyl (C=O) groups is 1. The zero-order valence-electron chi connectivity index (χ0n) is 21.0. The number of rotatable bonds is 3. The average Bonchev–Trinajstić information content (AvgIpc) is 3.51. The standard InChI is InChI=1S/C35H28O2/c1-32-25-20-12-13-21-26(25)34(24-18-10-5-11-19-24)31-30(36)29(32)27(22-14-6-3-7-15-22)28(23-16-8-4-9-17-23)35(32,37)33(31,34)2/h3-21,29,31,37H,1-2H3/t29-,31-,32+,33+,34-,35+/m0/s1. The van der Waals surface area contributed by atoms with E-state index in [4.69, 9.17) is 0 Å². The Bertz CT molecular complexity index is 1640. The Labute approximate surface area is 217 Å². The van der Waals surface area contributed by atoms with Crippen molar-refractivity contribution in [2.75, 3.05) is 0 Å². The van der Waals surface area contributed by atoms with E-state index < -0.39 is 27.8 Å². The van der Waals surface area contributed by atoms with Crippen molar-refractivity contribution >= 4 is 16.9 Å². The first-order valence-corrected chi connectivity index (χ1v) is 13.2. The molecule has 0 radical (unpaired) electrons. The molecule has 0 aliphatic heterocycles. The van der Waals surface area contributed by atoms with Crippen LogP contribution in [0.4, 0.5) is 0 Å². The van der Waals surface area contributed by atoms with Crippen molar-refractivity contribution in [3.63, 3.8) is 0 Å². The lowest BCUT2D eigenvalue weighted by Crippen LogP contribution is -2.63.